The standard InChI is InChI=1S/C20H17NO5/c1-12-6-4-5-7-15(12)19-21-16(20(23)26-19)10-14-8-9-17(24-3)18(11-14)25-13(2)22/h4-11H,1-3H3. The molecule has 0 fully saturated rings. The van der Waals surface area contributed by atoms with Crippen LogP contribution in [-0.2, 0) is 14.3 Å². The van der Waals surface area contributed by atoms with Crippen LogP contribution in [0.15, 0.2) is 53.2 Å². The average molecular weight is 351 g/mol. The third-order valence-electron chi connectivity index (χ3n) is 3.74. The second kappa shape index (κ2) is 7.23. The van der Waals surface area contributed by atoms with E-state index >= 15 is 0 Å². The SMILES string of the molecule is COc1ccc(C=C2N=C(c3ccccc3C)OC2=O)cc1OC(C)=O. The van der Waals surface area contributed by atoms with E-state index in [9.17, 15) is 9.59 Å². The third-order valence-corrected chi connectivity index (χ3v) is 3.74. The van der Waals surface area contributed by atoms with E-state index in [-0.39, 0.29) is 17.3 Å². The van der Waals surface area contributed by atoms with E-state index < -0.39 is 11.9 Å². The van der Waals surface area contributed by atoms with E-state index in [1.54, 1.807) is 24.3 Å². The van der Waals surface area contributed by atoms with Crippen molar-refractivity contribution in [2.75, 3.05) is 7.11 Å². The molecule has 0 aromatic heterocycles. The van der Waals surface area contributed by atoms with Crippen LogP contribution in [0.2, 0.25) is 0 Å². The van der Waals surface area contributed by atoms with E-state index in [0.717, 1.165) is 11.1 Å². The molecule has 6 heteroatoms. The lowest BCUT2D eigenvalue weighted by Gasteiger charge is -2.08. The van der Waals surface area contributed by atoms with Crippen LogP contribution in [0.4, 0.5) is 0 Å². The van der Waals surface area contributed by atoms with Crippen LogP contribution >= 0.6 is 0 Å². The van der Waals surface area contributed by atoms with Crippen molar-refractivity contribution in [3.05, 3.63) is 64.9 Å². The molecule has 0 saturated carbocycles. The van der Waals surface area contributed by atoms with Gasteiger partial charge in [-0.1, -0.05) is 24.3 Å². The van der Waals surface area contributed by atoms with Gasteiger partial charge in [0.25, 0.3) is 0 Å². The van der Waals surface area contributed by atoms with Gasteiger partial charge < -0.3 is 14.2 Å². The van der Waals surface area contributed by atoms with Crippen LogP contribution in [-0.4, -0.2) is 24.9 Å². The number of hydrogen-bond donors (Lipinski definition) is 0. The molecule has 0 amide bonds. The maximum absolute atomic E-state index is 12.1. The van der Waals surface area contributed by atoms with Crippen molar-refractivity contribution in [1.82, 2.24) is 0 Å². The summed E-state index contributed by atoms with van der Waals surface area (Å²) in [5.41, 5.74) is 2.52. The van der Waals surface area contributed by atoms with Gasteiger partial charge in [-0.05, 0) is 42.3 Å². The van der Waals surface area contributed by atoms with E-state index in [4.69, 9.17) is 14.2 Å². The number of aryl methyl sites for hydroxylation is 1. The maximum Gasteiger partial charge on any atom is 0.363 e. The monoisotopic (exact) mass is 351 g/mol. The first-order chi connectivity index (χ1) is 12.5. The van der Waals surface area contributed by atoms with Gasteiger partial charge in [0.1, 0.15) is 0 Å². The fourth-order valence-corrected chi connectivity index (χ4v) is 2.51. The summed E-state index contributed by atoms with van der Waals surface area (Å²) in [6.45, 7) is 3.22. The van der Waals surface area contributed by atoms with Crippen LogP contribution in [0.5, 0.6) is 11.5 Å². The molecule has 0 aliphatic carbocycles. The second-order valence-electron chi connectivity index (χ2n) is 5.65. The topological polar surface area (TPSA) is 74.2 Å². The number of hydrogen-bond acceptors (Lipinski definition) is 6. The Balaban J connectivity index is 1.96. The van der Waals surface area contributed by atoms with Gasteiger partial charge in [0.05, 0.1) is 7.11 Å². The highest BCUT2D eigenvalue weighted by atomic mass is 16.6. The predicted molar refractivity (Wildman–Crippen MR) is 96.1 cm³/mol. The van der Waals surface area contributed by atoms with E-state index in [2.05, 4.69) is 4.99 Å². The molecule has 1 heterocycles. The van der Waals surface area contributed by atoms with Crippen LogP contribution < -0.4 is 9.47 Å². The van der Waals surface area contributed by atoms with Gasteiger partial charge in [-0.3, -0.25) is 4.79 Å². The van der Waals surface area contributed by atoms with Crippen LogP contribution in [0.1, 0.15) is 23.6 Å². The highest BCUT2D eigenvalue weighted by Gasteiger charge is 2.25. The number of esters is 2. The number of benzene rings is 2. The molecule has 2 aromatic rings. The molecule has 0 spiro atoms. The summed E-state index contributed by atoms with van der Waals surface area (Å²) < 4.78 is 15.6. The van der Waals surface area contributed by atoms with Crippen LogP contribution in [0, 0.1) is 6.92 Å². The molecule has 0 bridgehead atoms. The van der Waals surface area contributed by atoms with E-state index in [1.807, 2.05) is 31.2 Å². The van der Waals surface area contributed by atoms with Gasteiger partial charge in [0.15, 0.2) is 17.2 Å². The Bertz CT molecular complexity index is 943. The molecule has 26 heavy (non-hydrogen) atoms. The zero-order valence-electron chi connectivity index (χ0n) is 14.6. The van der Waals surface area contributed by atoms with Crippen molar-refractivity contribution in [2.45, 2.75) is 13.8 Å². The summed E-state index contributed by atoms with van der Waals surface area (Å²) in [7, 11) is 1.48. The first-order valence-corrected chi connectivity index (χ1v) is 7.93. The summed E-state index contributed by atoms with van der Waals surface area (Å²) in [6.07, 6.45) is 1.57. The smallest absolute Gasteiger partial charge is 0.363 e. The van der Waals surface area contributed by atoms with Crippen molar-refractivity contribution in [3.63, 3.8) is 0 Å². The Morgan fingerprint density at radius 3 is 2.62 bits per heavy atom. The summed E-state index contributed by atoms with van der Waals surface area (Å²) in [6, 6.07) is 12.5. The fourth-order valence-electron chi connectivity index (χ4n) is 2.51. The molecular formula is C20H17NO5. The van der Waals surface area contributed by atoms with Gasteiger partial charge in [-0.25, -0.2) is 9.79 Å². The first-order valence-electron chi connectivity index (χ1n) is 7.93. The minimum atomic E-state index is -0.534. The molecule has 132 valence electrons. The zero-order chi connectivity index (χ0) is 18.7. The van der Waals surface area contributed by atoms with Crippen molar-refractivity contribution < 1.29 is 23.8 Å². The number of nitrogens with zero attached hydrogens (tertiary/aromatic N) is 1. The summed E-state index contributed by atoms with van der Waals surface area (Å²) in [5, 5.41) is 0. The van der Waals surface area contributed by atoms with Crippen LogP contribution in [0.25, 0.3) is 6.08 Å². The van der Waals surface area contributed by atoms with Gasteiger partial charge in [0, 0.05) is 12.5 Å². The maximum atomic E-state index is 12.1. The van der Waals surface area contributed by atoms with E-state index in [1.165, 1.54) is 14.0 Å². The fraction of sp³-hybridized carbons (Fsp3) is 0.150. The Hall–Kier alpha value is -3.41. The molecular weight excluding hydrogens is 334 g/mol. The number of cyclic esters (lactones) is 1. The minimum Gasteiger partial charge on any atom is -0.493 e. The number of methoxy groups -OCH3 is 1. The zero-order valence-corrected chi connectivity index (χ0v) is 14.6. The molecule has 1 aliphatic heterocycles. The third kappa shape index (κ3) is 3.64. The Kier molecular flexibility index (Phi) is 4.84. The molecule has 3 rings (SSSR count). The highest BCUT2D eigenvalue weighted by Crippen LogP contribution is 2.30. The van der Waals surface area contributed by atoms with E-state index in [0.29, 0.717) is 11.3 Å². The Morgan fingerprint density at radius 2 is 1.92 bits per heavy atom. The Labute approximate surface area is 150 Å². The van der Waals surface area contributed by atoms with Gasteiger partial charge >= 0.3 is 11.9 Å². The van der Waals surface area contributed by atoms with Crippen molar-refractivity contribution >= 4 is 23.9 Å². The number of carbonyl (C=O) groups is 2. The molecule has 2 aromatic carbocycles. The average Bonchev–Trinajstić information content (AvgIpc) is 2.95. The molecule has 0 radical (unpaired) electrons. The molecule has 1 aliphatic rings. The lowest BCUT2D eigenvalue weighted by atomic mass is 10.1. The molecule has 0 N–H and O–H groups in total. The first kappa shape index (κ1) is 17.4. The predicted octanol–water partition coefficient (Wildman–Crippen LogP) is 3.27. The number of carbonyl (C=O) groups excluding carboxylic acids is 2. The summed E-state index contributed by atoms with van der Waals surface area (Å²) in [5.74, 6) is -0.0429. The lowest BCUT2D eigenvalue weighted by molar-refractivity contribution is -0.132. The van der Waals surface area contributed by atoms with Gasteiger partial charge in [0.2, 0.25) is 5.90 Å². The number of rotatable bonds is 4. The highest BCUT2D eigenvalue weighted by molar-refractivity contribution is 6.13. The quantitative estimate of drug-likeness (QED) is 0.480. The molecule has 0 unspecified atom stereocenters. The molecule has 0 saturated heterocycles. The van der Waals surface area contributed by atoms with Crippen LogP contribution in [0.3, 0.4) is 0 Å². The van der Waals surface area contributed by atoms with Crippen molar-refractivity contribution in [3.8, 4) is 11.5 Å². The largest absolute Gasteiger partial charge is 0.493 e. The van der Waals surface area contributed by atoms with Crippen molar-refractivity contribution in [2.24, 2.45) is 4.99 Å². The van der Waals surface area contributed by atoms with Gasteiger partial charge in [-0.15, -0.1) is 0 Å². The molecule has 0 atom stereocenters. The summed E-state index contributed by atoms with van der Waals surface area (Å²) in [4.78, 5) is 27.7. The molecule has 6 nitrogen and oxygen atoms in total. The minimum absolute atomic E-state index is 0.169. The number of ether oxygens (including phenoxy) is 3. The number of aliphatic imine (C=N–C) groups is 1. The lowest BCUT2D eigenvalue weighted by Crippen LogP contribution is -2.06. The second-order valence-corrected chi connectivity index (χ2v) is 5.65. The van der Waals surface area contributed by atoms with Crippen molar-refractivity contribution in [1.29, 1.82) is 0 Å². The Morgan fingerprint density at radius 1 is 1.15 bits per heavy atom. The normalized spacial score (nSPS) is 14.8. The summed E-state index contributed by atoms with van der Waals surface area (Å²) >= 11 is 0. The van der Waals surface area contributed by atoms with Gasteiger partial charge in [-0.2, -0.15) is 0 Å².